The van der Waals surface area contributed by atoms with E-state index in [-0.39, 0.29) is 17.9 Å². The summed E-state index contributed by atoms with van der Waals surface area (Å²) in [5.74, 6) is 0.433. The van der Waals surface area contributed by atoms with Gasteiger partial charge in [0.15, 0.2) is 0 Å². The van der Waals surface area contributed by atoms with Crippen LogP contribution >= 0.6 is 0 Å². The number of nitrogens with zero attached hydrogens (tertiary/aromatic N) is 2. The summed E-state index contributed by atoms with van der Waals surface area (Å²) in [6.07, 6.45) is 8.03. The molecule has 1 amide bonds. The number of carbonyl (C=O) groups excluding carboxylic acids is 1. The predicted octanol–water partition coefficient (Wildman–Crippen LogP) is 4.73. The van der Waals surface area contributed by atoms with Gasteiger partial charge in [-0.1, -0.05) is 63.1 Å². The van der Waals surface area contributed by atoms with Crippen LogP contribution < -0.4 is 5.32 Å². The van der Waals surface area contributed by atoms with E-state index in [1.807, 2.05) is 30.5 Å². The lowest BCUT2D eigenvalue weighted by Gasteiger charge is -2.43. The van der Waals surface area contributed by atoms with E-state index in [2.05, 4.69) is 52.2 Å². The Morgan fingerprint density at radius 2 is 2.07 bits per heavy atom. The molecule has 2 unspecified atom stereocenters. The molecular formula is C25H32N4O. The molecule has 0 saturated carbocycles. The van der Waals surface area contributed by atoms with E-state index < -0.39 is 0 Å². The molecule has 1 aromatic heterocycles. The summed E-state index contributed by atoms with van der Waals surface area (Å²) in [4.78, 5) is 23.4. The van der Waals surface area contributed by atoms with Gasteiger partial charge in [-0.2, -0.15) is 0 Å². The number of imidazole rings is 1. The highest BCUT2D eigenvalue weighted by Gasteiger charge is 2.35. The van der Waals surface area contributed by atoms with Crippen molar-refractivity contribution in [2.24, 2.45) is 0 Å². The van der Waals surface area contributed by atoms with E-state index in [1.54, 1.807) is 6.33 Å². The number of H-pyrrole nitrogens is 1. The molecule has 5 nitrogen and oxygen atoms in total. The van der Waals surface area contributed by atoms with Crippen molar-refractivity contribution in [2.45, 2.75) is 57.5 Å². The van der Waals surface area contributed by atoms with Crippen LogP contribution in [0, 0.1) is 0 Å². The number of piperazine rings is 1. The highest BCUT2D eigenvalue weighted by molar-refractivity contribution is 6.07. The number of aromatic nitrogens is 2. The Hall–Kier alpha value is -2.66. The molecule has 1 aliphatic rings. The Balaban J connectivity index is 1.64. The van der Waals surface area contributed by atoms with Gasteiger partial charge in [0.1, 0.15) is 0 Å². The molecule has 0 aliphatic carbocycles. The minimum atomic E-state index is 0.147. The van der Waals surface area contributed by atoms with E-state index in [4.69, 9.17) is 0 Å². The zero-order valence-corrected chi connectivity index (χ0v) is 18.0. The van der Waals surface area contributed by atoms with Gasteiger partial charge >= 0.3 is 0 Å². The highest BCUT2D eigenvalue weighted by atomic mass is 16.2. The van der Waals surface area contributed by atoms with Crippen molar-refractivity contribution >= 4 is 16.7 Å². The van der Waals surface area contributed by atoms with E-state index in [0.717, 1.165) is 54.4 Å². The monoisotopic (exact) mass is 404 g/mol. The number of fused-ring (bicyclic) bond motifs is 1. The third kappa shape index (κ3) is 4.26. The third-order valence-electron chi connectivity index (χ3n) is 6.39. The molecule has 30 heavy (non-hydrogen) atoms. The molecular weight excluding hydrogens is 372 g/mol. The first-order chi connectivity index (χ1) is 14.7. The number of amides is 1. The number of aromatic amines is 1. The van der Waals surface area contributed by atoms with Crippen molar-refractivity contribution in [3.05, 3.63) is 66.2 Å². The first-order valence-corrected chi connectivity index (χ1v) is 11.2. The molecule has 0 spiro atoms. The quantitative estimate of drug-likeness (QED) is 0.598. The summed E-state index contributed by atoms with van der Waals surface area (Å²) in [5, 5.41) is 5.85. The number of nitrogens with one attached hydrogen (secondary N) is 2. The smallest absolute Gasteiger partial charge is 0.254 e. The zero-order valence-electron chi connectivity index (χ0n) is 18.0. The minimum Gasteiger partial charge on any atom is -0.351 e. The standard InChI is InChI=1S/C25H32N4O/c1-3-4-12-22-24(15-18(2)23-16-26-17-28-23)29(14-13-27-22)25(30)21-11-7-9-19-8-5-6-10-20(19)21/h5-11,16-18,22,24,27H,3-4,12-15H2,1-2H3,(H,26,28)/t18-,22?,24?/m0/s1. The Labute approximate surface area is 178 Å². The van der Waals surface area contributed by atoms with Crippen LogP contribution in [0.5, 0.6) is 0 Å². The molecule has 0 radical (unpaired) electrons. The van der Waals surface area contributed by atoms with Crippen LogP contribution in [0.4, 0.5) is 0 Å². The highest BCUT2D eigenvalue weighted by Crippen LogP contribution is 2.29. The van der Waals surface area contributed by atoms with E-state index in [9.17, 15) is 4.79 Å². The van der Waals surface area contributed by atoms with Gasteiger partial charge in [-0.05, 0) is 29.7 Å². The maximum Gasteiger partial charge on any atom is 0.254 e. The summed E-state index contributed by atoms with van der Waals surface area (Å²) in [6, 6.07) is 14.7. The first-order valence-electron chi connectivity index (χ1n) is 11.2. The van der Waals surface area contributed by atoms with Gasteiger partial charge in [-0.25, -0.2) is 4.98 Å². The Morgan fingerprint density at radius 3 is 2.87 bits per heavy atom. The molecule has 1 saturated heterocycles. The van der Waals surface area contributed by atoms with Crippen molar-refractivity contribution in [3.8, 4) is 0 Å². The third-order valence-corrected chi connectivity index (χ3v) is 6.39. The van der Waals surface area contributed by atoms with Crippen LogP contribution in [0.2, 0.25) is 0 Å². The van der Waals surface area contributed by atoms with Gasteiger partial charge in [0.05, 0.1) is 12.0 Å². The SMILES string of the molecule is CCCCC1NCCN(C(=O)c2cccc3ccccc23)C1C[C@H](C)c1c[nH]cn1. The van der Waals surface area contributed by atoms with Crippen LogP contribution in [0.3, 0.4) is 0 Å². The molecule has 2 heterocycles. The minimum absolute atomic E-state index is 0.147. The predicted molar refractivity (Wildman–Crippen MR) is 122 cm³/mol. The average Bonchev–Trinajstić information content (AvgIpc) is 3.32. The van der Waals surface area contributed by atoms with Crippen molar-refractivity contribution in [2.75, 3.05) is 13.1 Å². The lowest BCUT2D eigenvalue weighted by atomic mass is 9.88. The Morgan fingerprint density at radius 1 is 1.23 bits per heavy atom. The molecule has 5 heteroatoms. The molecule has 2 aromatic carbocycles. The summed E-state index contributed by atoms with van der Waals surface area (Å²) < 4.78 is 0. The van der Waals surface area contributed by atoms with Crippen LogP contribution in [0.1, 0.15) is 61.5 Å². The zero-order chi connectivity index (χ0) is 20.9. The van der Waals surface area contributed by atoms with E-state index >= 15 is 0 Å². The van der Waals surface area contributed by atoms with Crippen molar-refractivity contribution in [3.63, 3.8) is 0 Å². The van der Waals surface area contributed by atoms with Crippen LogP contribution in [-0.4, -0.2) is 45.9 Å². The number of hydrogen-bond acceptors (Lipinski definition) is 3. The van der Waals surface area contributed by atoms with Crippen molar-refractivity contribution < 1.29 is 4.79 Å². The Bertz CT molecular complexity index is 963. The van der Waals surface area contributed by atoms with Crippen LogP contribution in [0.15, 0.2) is 55.0 Å². The Kier molecular flexibility index (Phi) is 6.48. The molecule has 2 N–H and O–H groups in total. The fourth-order valence-electron chi connectivity index (χ4n) is 4.74. The largest absolute Gasteiger partial charge is 0.351 e. The second kappa shape index (κ2) is 9.43. The number of unbranched alkanes of at least 4 members (excludes halogenated alkanes) is 1. The van der Waals surface area contributed by atoms with Gasteiger partial charge < -0.3 is 15.2 Å². The lowest BCUT2D eigenvalue weighted by molar-refractivity contribution is 0.0527. The molecule has 3 atom stereocenters. The van der Waals surface area contributed by atoms with E-state index in [1.165, 1.54) is 6.42 Å². The summed E-state index contributed by atoms with van der Waals surface area (Å²) in [6.45, 7) is 6.02. The fraction of sp³-hybridized carbons (Fsp3) is 0.440. The summed E-state index contributed by atoms with van der Waals surface area (Å²) in [7, 11) is 0. The second-order valence-electron chi connectivity index (χ2n) is 8.43. The summed E-state index contributed by atoms with van der Waals surface area (Å²) >= 11 is 0. The normalized spacial score (nSPS) is 20.4. The number of benzene rings is 2. The van der Waals surface area contributed by atoms with Gasteiger partial charge in [0.2, 0.25) is 0 Å². The molecule has 1 fully saturated rings. The topological polar surface area (TPSA) is 61.0 Å². The van der Waals surface area contributed by atoms with E-state index in [0.29, 0.717) is 6.04 Å². The van der Waals surface area contributed by atoms with Gasteiger partial charge in [0, 0.05) is 42.9 Å². The molecule has 3 aromatic rings. The maximum atomic E-state index is 13.8. The molecule has 158 valence electrons. The van der Waals surface area contributed by atoms with Gasteiger partial charge in [0.25, 0.3) is 5.91 Å². The lowest BCUT2D eigenvalue weighted by Crippen LogP contribution is -2.59. The maximum absolute atomic E-state index is 13.8. The second-order valence-corrected chi connectivity index (χ2v) is 8.43. The fourth-order valence-corrected chi connectivity index (χ4v) is 4.74. The van der Waals surface area contributed by atoms with Gasteiger partial charge in [-0.3, -0.25) is 4.79 Å². The van der Waals surface area contributed by atoms with Crippen LogP contribution in [-0.2, 0) is 0 Å². The van der Waals surface area contributed by atoms with Gasteiger partial charge in [-0.15, -0.1) is 0 Å². The molecule has 4 rings (SSSR count). The molecule has 1 aliphatic heterocycles. The number of carbonyl (C=O) groups is 1. The van der Waals surface area contributed by atoms with Crippen LogP contribution in [0.25, 0.3) is 10.8 Å². The van der Waals surface area contributed by atoms with Crippen molar-refractivity contribution in [1.29, 1.82) is 0 Å². The first kappa shape index (κ1) is 20.6. The number of hydrogen-bond donors (Lipinski definition) is 2. The average molecular weight is 405 g/mol. The van der Waals surface area contributed by atoms with Crippen molar-refractivity contribution in [1.82, 2.24) is 20.2 Å². The molecule has 0 bridgehead atoms. The summed E-state index contributed by atoms with van der Waals surface area (Å²) in [5.41, 5.74) is 1.87. The number of rotatable bonds is 7.